The lowest BCUT2D eigenvalue weighted by molar-refractivity contribution is 0.421. The lowest BCUT2D eigenvalue weighted by Crippen LogP contribution is -2.01. The molecule has 1 heterocycles. The maximum absolute atomic E-state index is 5.44. The van der Waals surface area contributed by atoms with Crippen LogP contribution in [0.25, 0.3) is 11.5 Å². The van der Waals surface area contributed by atoms with Crippen LogP contribution in [0.4, 0.5) is 0 Å². The third kappa shape index (κ3) is 3.14. The van der Waals surface area contributed by atoms with Gasteiger partial charge in [0.05, 0.1) is 5.56 Å². The quantitative estimate of drug-likeness (QED) is 0.909. The van der Waals surface area contributed by atoms with Gasteiger partial charge in [-0.05, 0) is 47.1 Å². The second kappa shape index (κ2) is 5.75. The van der Waals surface area contributed by atoms with E-state index in [-0.39, 0.29) is 0 Å². The first-order valence-electron chi connectivity index (χ1n) is 5.19. The molecule has 2 rings (SSSR count). The molecule has 1 aromatic heterocycles. The third-order valence-corrected chi connectivity index (χ3v) is 3.38. The molecule has 17 heavy (non-hydrogen) atoms. The maximum Gasteiger partial charge on any atom is 0.259 e. The van der Waals surface area contributed by atoms with Crippen LogP contribution >= 0.6 is 31.9 Å². The van der Waals surface area contributed by atoms with E-state index >= 15 is 0 Å². The first kappa shape index (κ1) is 12.7. The number of aryl methyl sites for hydroxylation is 1. The van der Waals surface area contributed by atoms with Crippen LogP contribution in [-0.4, -0.2) is 16.7 Å². The zero-order valence-electron chi connectivity index (χ0n) is 8.99. The van der Waals surface area contributed by atoms with Gasteiger partial charge in [0, 0.05) is 15.4 Å². The molecule has 1 aromatic carbocycles. The van der Waals surface area contributed by atoms with E-state index in [0.717, 1.165) is 27.4 Å². The van der Waals surface area contributed by atoms with Crippen molar-refractivity contribution in [1.82, 2.24) is 10.1 Å². The minimum atomic E-state index is 0.524. The Labute approximate surface area is 116 Å². The summed E-state index contributed by atoms with van der Waals surface area (Å²) in [6, 6.07) is 5.80. The molecule has 0 radical (unpaired) electrons. The number of benzene rings is 1. The molecule has 0 amide bonds. The molecule has 0 aliphatic rings. The van der Waals surface area contributed by atoms with Gasteiger partial charge < -0.3 is 10.3 Å². The fourth-order valence-electron chi connectivity index (χ4n) is 1.39. The fraction of sp³-hybridized carbons (Fsp3) is 0.273. The number of aromatic nitrogens is 2. The number of hydrogen-bond acceptors (Lipinski definition) is 4. The maximum atomic E-state index is 5.44. The Bertz CT molecular complexity index is 513. The van der Waals surface area contributed by atoms with Crippen LogP contribution in [0.1, 0.15) is 12.2 Å². The van der Waals surface area contributed by atoms with Crippen LogP contribution in [0.5, 0.6) is 0 Å². The number of rotatable bonds is 4. The minimum absolute atomic E-state index is 0.524. The summed E-state index contributed by atoms with van der Waals surface area (Å²) in [4.78, 5) is 4.33. The van der Waals surface area contributed by atoms with E-state index in [1.54, 1.807) is 0 Å². The molecule has 0 atom stereocenters. The molecule has 2 N–H and O–H groups in total. The van der Waals surface area contributed by atoms with Gasteiger partial charge in [0.1, 0.15) is 0 Å². The van der Waals surface area contributed by atoms with Crippen molar-refractivity contribution in [3.05, 3.63) is 33.0 Å². The number of hydrogen-bond donors (Lipinski definition) is 1. The zero-order chi connectivity index (χ0) is 12.3. The van der Waals surface area contributed by atoms with E-state index in [4.69, 9.17) is 10.3 Å². The zero-order valence-corrected chi connectivity index (χ0v) is 12.2. The van der Waals surface area contributed by atoms with Crippen molar-refractivity contribution < 1.29 is 4.52 Å². The molecule has 0 spiro atoms. The molecule has 0 unspecified atom stereocenters. The average Bonchev–Trinajstić information content (AvgIpc) is 2.75. The summed E-state index contributed by atoms with van der Waals surface area (Å²) >= 11 is 6.87. The van der Waals surface area contributed by atoms with Gasteiger partial charge in [0.15, 0.2) is 5.82 Å². The molecule has 0 saturated carbocycles. The van der Waals surface area contributed by atoms with Crippen molar-refractivity contribution in [2.75, 3.05) is 6.54 Å². The van der Waals surface area contributed by atoms with Gasteiger partial charge in [0.25, 0.3) is 5.89 Å². The Hall–Kier alpha value is -0.720. The molecule has 4 nitrogen and oxygen atoms in total. The number of halogens is 2. The van der Waals surface area contributed by atoms with Gasteiger partial charge in [-0.3, -0.25) is 0 Å². The SMILES string of the molecule is NCCCc1noc(-c2ccc(Br)cc2Br)n1. The summed E-state index contributed by atoms with van der Waals surface area (Å²) < 4.78 is 7.14. The summed E-state index contributed by atoms with van der Waals surface area (Å²) in [6.45, 7) is 0.631. The normalized spacial score (nSPS) is 10.8. The van der Waals surface area contributed by atoms with Crippen molar-refractivity contribution in [3.8, 4) is 11.5 Å². The van der Waals surface area contributed by atoms with E-state index < -0.39 is 0 Å². The van der Waals surface area contributed by atoms with Crippen molar-refractivity contribution in [2.24, 2.45) is 5.73 Å². The predicted molar refractivity (Wildman–Crippen MR) is 72.5 cm³/mol. The standard InChI is InChI=1S/C11H11Br2N3O/c12-7-3-4-8(9(13)6-7)11-15-10(16-17-11)2-1-5-14/h3-4,6H,1-2,5,14H2. The highest BCUT2D eigenvalue weighted by Crippen LogP contribution is 2.29. The molecule has 6 heteroatoms. The van der Waals surface area contributed by atoms with Crippen molar-refractivity contribution in [1.29, 1.82) is 0 Å². The van der Waals surface area contributed by atoms with Crippen LogP contribution in [0, 0.1) is 0 Å². The van der Waals surface area contributed by atoms with E-state index in [1.807, 2.05) is 18.2 Å². The summed E-state index contributed by atoms with van der Waals surface area (Å²) in [5, 5.41) is 3.92. The topological polar surface area (TPSA) is 64.9 Å². The molecular formula is C11H11Br2N3O. The molecule has 0 aliphatic heterocycles. The van der Waals surface area contributed by atoms with E-state index in [9.17, 15) is 0 Å². The first-order chi connectivity index (χ1) is 8.20. The van der Waals surface area contributed by atoms with Gasteiger partial charge in [-0.25, -0.2) is 0 Å². The van der Waals surface area contributed by atoms with Gasteiger partial charge in [-0.1, -0.05) is 21.1 Å². The molecule has 0 saturated heterocycles. The van der Waals surface area contributed by atoms with Crippen molar-refractivity contribution >= 4 is 31.9 Å². The summed E-state index contributed by atoms with van der Waals surface area (Å²) in [7, 11) is 0. The molecule has 0 fully saturated rings. The van der Waals surface area contributed by atoms with Gasteiger partial charge >= 0.3 is 0 Å². The Morgan fingerprint density at radius 2 is 2.12 bits per heavy atom. The largest absolute Gasteiger partial charge is 0.334 e. The van der Waals surface area contributed by atoms with Crippen LogP contribution < -0.4 is 5.73 Å². The fourth-order valence-corrected chi connectivity index (χ4v) is 2.60. The highest BCUT2D eigenvalue weighted by molar-refractivity contribution is 9.11. The van der Waals surface area contributed by atoms with Gasteiger partial charge in [-0.2, -0.15) is 4.98 Å². The van der Waals surface area contributed by atoms with Crippen molar-refractivity contribution in [2.45, 2.75) is 12.8 Å². The first-order valence-corrected chi connectivity index (χ1v) is 6.77. The van der Waals surface area contributed by atoms with Crippen LogP contribution in [0.3, 0.4) is 0 Å². The molecular weight excluding hydrogens is 350 g/mol. The number of nitrogens with zero attached hydrogens (tertiary/aromatic N) is 2. The molecule has 2 aromatic rings. The van der Waals surface area contributed by atoms with Gasteiger partial charge in [0.2, 0.25) is 0 Å². The van der Waals surface area contributed by atoms with Gasteiger partial charge in [-0.15, -0.1) is 0 Å². The van der Waals surface area contributed by atoms with Crippen LogP contribution in [0.15, 0.2) is 31.7 Å². The predicted octanol–water partition coefficient (Wildman–Crippen LogP) is 3.15. The minimum Gasteiger partial charge on any atom is -0.334 e. The van der Waals surface area contributed by atoms with Crippen LogP contribution in [0.2, 0.25) is 0 Å². The summed E-state index contributed by atoms with van der Waals surface area (Å²) in [5.74, 6) is 1.22. The third-order valence-electron chi connectivity index (χ3n) is 2.23. The Morgan fingerprint density at radius 3 is 2.82 bits per heavy atom. The van der Waals surface area contributed by atoms with E-state index in [0.29, 0.717) is 18.3 Å². The Kier molecular flexibility index (Phi) is 4.31. The van der Waals surface area contributed by atoms with Crippen LogP contribution in [-0.2, 0) is 6.42 Å². The lowest BCUT2D eigenvalue weighted by Gasteiger charge is -1.98. The summed E-state index contributed by atoms with van der Waals surface area (Å²) in [6.07, 6.45) is 1.61. The monoisotopic (exact) mass is 359 g/mol. The average molecular weight is 361 g/mol. The lowest BCUT2D eigenvalue weighted by atomic mass is 10.2. The Morgan fingerprint density at radius 1 is 1.29 bits per heavy atom. The molecule has 90 valence electrons. The number of nitrogens with two attached hydrogens (primary N) is 1. The highest BCUT2D eigenvalue weighted by Gasteiger charge is 2.11. The highest BCUT2D eigenvalue weighted by atomic mass is 79.9. The Balaban J connectivity index is 2.24. The second-order valence-corrected chi connectivity index (χ2v) is 5.30. The van der Waals surface area contributed by atoms with Crippen molar-refractivity contribution in [3.63, 3.8) is 0 Å². The molecule has 0 aliphatic carbocycles. The second-order valence-electron chi connectivity index (χ2n) is 3.53. The smallest absolute Gasteiger partial charge is 0.259 e. The molecule has 0 bridgehead atoms. The van der Waals surface area contributed by atoms with E-state index in [1.165, 1.54) is 0 Å². The van der Waals surface area contributed by atoms with E-state index in [2.05, 4.69) is 42.0 Å². The summed E-state index contributed by atoms with van der Waals surface area (Å²) in [5.41, 5.74) is 6.32.